The smallest absolute Gasteiger partial charge is 0.293 e. The zero-order valence-electron chi connectivity index (χ0n) is 14.2. The summed E-state index contributed by atoms with van der Waals surface area (Å²) >= 11 is 0.826. The summed E-state index contributed by atoms with van der Waals surface area (Å²) in [5.41, 5.74) is 0.431. The molecule has 2 heterocycles. The third-order valence-corrected chi connectivity index (χ3v) is 4.65. The molecule has 1 saturated heterocycles. The largest absolute Gasteiger partial charge is 0.496 e. The predicted octanol–water partition coefficient (Wildman–Crippen LogP) is 4.09. The second kappa shape index (κ2) is 7.50. The van der Waals surface area contributed by atoms with Crippen molar-refractivity contribution in [1.29, 1.82) is 0 Å². The standard InChI is InChI=1S/C18H14N2O6S/c1-3-8-19-17(21)16(27-18(19)22)10-12-5-7-14(26-12)13-6-4-11(20(23)24)9-15(13)25-2/h3-7,9-10H,1,8H2,2H3. The van der Waals surface area contributed by atoms with Gasteiger partial charge in [0.2, 0.25) is 0 Å². The van der Waals surface area contributed by atoms with Crippen LogP contribution in [0.15, 0.2) is 52.3 Å². The molecule has 0 spiro atoms. The number of hydrogen-bond donors (Lipinski definition) is 0. The first-order valence-corrected chi connectivity index (χ1v) is 8.55. The highest BCUT2D eigenvalue weighted by atomic mass is 32.2. The second-order valence-electron chi connectivity index (χ2n) is 5.42. The molecule has 8 nitrogen and oxygen atoms in total. The molecule has 0 saturated carbocycles. The van der Waals surface area contributed by atoms with Crippen LogP contribution in [0.4, 0.5) is 10.5 Å². The fraction of sp³-hybridized carbons (Fsp3) is 0.111. The maximum atomic E-state index is 12.2. The molecular formula is C18H14N2O6S. The van der Waals surface area contributed by atoms with Gasteiger partial charge < -0.3 is 9.15 Å². The van der Waals surface area contributed by atoms with Gasteiger partial charge in [-0.3, -0.25) is 24.6 Å². The maximum Gasteiger partial charge on any atom is 0.293 e. The summed E-state index contributed by atoms with van der Waals surface area (Å²) in [5, 5.41) is 10.5. The molecule has 27 heavy (non-hydrogen) atoms. The minimum atomic E-state index is -0.515. The van der Waals surface area contributed by atoms with Crippen molar-refractivity contribution in [3.63, 3.8) is 0 Å². The number of imide groups is 1. The number of ether oxygens (including phenoxy) is 1. The van der Waals surface area contributed by atoms with Crippen molar-refractivity contribution >= 4 is 34.7 Å². The number of hydrogen-bond acceptors (Lipinski definition) is 7. The van der Waals surface area contributed by atoms with Crippen molar-refractivity contribution < 1.29 is 23.7 Å². The first kappa shape index (κ1) is 18.5. The normalized spacial score (nSPS) is 15.4. The van der Waals surface area contributed by atoms with Gasteiger partial charge in [0.15, 0.2) is 0 Å². The highest BCUT2D eigenvalue weighted by Gasteiger charge is 2.34. The number of methoxy groups -OCH3 is 1. The Bertz CT molecular complexity index is 978. The Morgan fingerprint density at radius 2 is 2.11 bits per heavy atom. The molecule has 0 radical (unpaired) electrons. The van der Waals surface area contributed by atoms with Gasteiger partial charge in [-0.25, -0.2) is 0 Å². The summed E-state index contributed by atoms with van der Waals surface area (Å²) in [4.78, 5) is 35.8. The number of amides is 2. The fourth-order valence-corrected chi connectivity index (χ4v) is 3.32. The van der Waals surface area contributed by atoms with Gasteiger partial charge >= 0.3 is 0 Å². The van der Waals surface area contributed by atoms with Gasteiger partial charge in [-0.05, 0) is 30.0 Å². The molecule has 0 bridgehead atoms. The molecule has 2 aromatic rings. The van der Waals surface area contributed by atoms with E-state index in [1.165, 1.54) is 37.5 Å². The number of rotatable bonds is 6. The quantitative estimate of drug-likeness (QED) is 0.319. The SMILES string of the molecule is C=CCN1C(=O)SC(=Cc2ccc(-c3ccc([N+](=O)[O-])cc3OC)o2)C1=O. The van der Waals surface area contributed by atoms with Gasteiger partial charge in [-0.1, -0.05) is 6.08 Å². The summed E-state index contributed by atoms with van der Waals surface area (Å²) in [6.45, 7) is 3.67. The molecule has 0 atom stereocenters. The molecule has 9 heteroatoms. The third-order valence-electron chi connectivity index (χ3n) is 3.75. The minimum Gasteiger partial charge on any atom is -0.496 e. The van der Waals surface area contributed by atoms with Gasteiger partial charge in [0, 0.05) is 18.7 Å². The Balaban J connectivity index is 1.90. The number of carbonyl (C=O) groups is 2. The van der Waals surface area contributed by atoms with Crippen molar-refractivity contribution in [2.75, 3.05) is 13.7 Å². The van der Waals surface area contributed by atoms with Gasteiger partial charge in [-0.2, -0.15) is 0 Å². The lowest BCUT2D eigenvalue weighted by Crippen LogP contribution is -2.27. The number of furan rings is 1. The number of carbonyl (C=O) groups excluding carboxylic acids is 2. The van der Waals surface area contributed by atoms with Crippen LogP contribution in [0.2, 0.25) is 0 Å². The molecule has 1 aromatic heterocycles. The number of benzene rings is 1. The van der Waals surface area contributed by atoms with Crippen LogP contribution >= 0.6 is 11.8 Å². The highest BCUT2D eigenvalue weighted by molar-refractivity contribution is 8.18. The number of nitrogens with zero attached hydrogens (tertiary/aromatic N) is 2. The zero-order chi connectivity index (χ0) is 19.6. The maximum absolute atomic E-state index is 12.2. The lowest BCUT2D eigenvalue weighted by molar-refractivity contribution is -0.384. The van der Waals surface area contributed by atoms with E-state index in [2.05, 4.69) is 6.58 Å². The van der Waals surface area contributed by atoms with E-state index in [1.54, 1.807) is 12.1 Å². The van der Waals surface area contributed by atoms with E-state index < -0.39 is 10.8 Å². The molecule has 1 fully saturated rings. The molecule has 1 aliphatic heterocycles. The van der Waals surface area contributed by atoms with E-state index in [9.17, 15) is 19.7 Å². The number of nitro benzene ring substituents is 1. The predicted molar refractivity (Wildman–Crippen MR) is 100 cm³/mol. The summed E-state index contributed by atoms with van der Waals surface area (Å²) in [6, 6.07) is 7.47. The molecular weight excluding hydrogens is 372 g/mol. The van der Waals surface area contributed by atoms with Crippen LogP contribution in [-0.2, 0) is 4.79 Å². The molecule has 1 aliphatic rings. The van der Waals surface area contributed by atoms with Gasteiger partial charge in [0.05, 0.1) is 28.6 Å². The summed E-state index contributed by atoms with van der Waals surface area (Å²) in [7, 11) is 1.40. The van der Waals surface area contributed by atoms with Crippen LogP contribution in [0.3, 0.4) is 0 Å². The molecule has 0 aliphatic carbocycles. The molecule has 0 unspecified atom stereocenters. The van der Waals surface area contributed by atoms with E-state index in [-0.39, 0.29) is 28.1 Å². The Morgan fingerprint density at radius 3 is 2.78 bits per heavy atom. The van der Waals surface area contributed by atoms with Crippen molar-refractivity contribution in [1.82, 2.24) is 4.90 Å². The molecule has 2 amide bonds. The lowest BCUT2D eigenvalue weighted by Gasteiger charge is -2.07. The van der Waals surface area contributed by atoms with E-state index in [1.807, 2.05) is 0 Å². The number of thioether (sulfide) groups is 1. The van der Waals surface area contributed by atoms with Crippen molar-refractivity contribution in [3.8, 4) is 17.1 Å². The zero-order valence-corrected chi connectivity index (χ0v) is 15.0. The fourth-order valence-electron chi connectivity index (χ4n) is 2.49. The Morgan fingerprint density at radius 1 is 1.33 bits per heavy atom. The van der Waals surface area contributed by atoms with E-state index >= 15 is 0 Å². The van der Waals surface area contributed by atoms with Crippen LogP contribution < -0.4 is 4.74 Å². The second-order valence-corrected chi connectivity index (χ2v) is 6.42. The first-order valence-electron chi connectivity index (χ1n) is 7.73. The lowest BCUT2D eigenvalue weighted by atomic mass is 10.1. The van der Waals surface area contributed by atoms with Crippen LogP contribution in [0.5, 0.6) is 5.75 Å². The van der Waals surface area contributed by atoms with Crippen LogP contribution in [0.1, 0.15) is 5.76 Å². The average molecular weight is 386 g/mol. The van der Waals surface area contributed by atoms with Crippen molar-refractivity contribution in [2.45, 2.75) is 0 Å². The molecule has 138 valence electrons. The van der Waals surface area contributed by atoms with Crippen LogP contribution in [0, 0.1) is 10.1 Å². The summed E-state index contributed by atoms with van der Waals surface area (Å²) in [5.74, 6) is 0.667. The van der Waals surface area contributed by atoms with Crippen molar-refractivity contribution in [2.24, 2.45) is 0 Å². The molecule has 0 N–H and O–H groups in total. The third kappa shape index (κ3) is 3.63. The minimum absolute atomic E-state index is 0.0988. The molecule has 1 aromatic carbocycles. The highest BCUT2D eigenvalue weighted by Crippen LogP contribution is 2.36. The van der Waals surface area contributed by atoms with Crippen LogP contribution in [-0.4, -0.2) is 34.6 Å². The van der Waals surface area contributed by atoms with E-state index in [0.29, 0.717) is 17.1 Å². The van der Waals surface area contributed by atoms with E-state index in [0.717, 1.165) is 16.7 Å². The summed E-state index contributed by atoms with van der Waals surface area (Å²) in [6.07, 6.45) is 2.96. The Hall–Kier alpha value is -3.33. The number of nitro groups is 1. The van der Waals surface area contributed by atoms with E-state index in [4.69, 9.17) is 9.15 Å². The Labute approximate surface area is 158 Å². The average Bonchev–Trinajstić information content (AvgIpc) is 3.21. The van der Waals surface area contributed by atoms with Crippen LogP contribution in [0.25, 0.3) is 17.4 Å². The topological polar surface area (TPSA) is 103 Å². The van der Waals surface area contributed by atoms with Gasteiger partial charge in [0.25, 0.3) is 16.8 Å². The monoisotopic (exact) mass is 386 g/mol. The van der Waals surface area contributed by atoms with Crippen molar-refractivity contribution in [3.05, 3.63) is 63.8 Å². The Kier molecular flexibility index (Phi) is 5.13. The number of non-ortho nitro benzene ring substituents is 1. The van der Waals surface area contributed by atoms with Gasteiger partial charge in [-0.15, -0.1) is 6.58 Å². The first-order chi connectivity index (χ1) is 12.9. The summed E-state index contributed by atoms with van der Waals surface area (Å²) < 4.78 is 10.9. The van der Waals surface area contributed by atoms with Gasteiger partial charge in [0.1, 0.15) is 17.3 Å². The molecule has 3 rings (SSSR count).